The lowest BCUT2D eigenvalue weighted by molar-refractivity contribution is 0.0498. The van der Waals surface area contributed by atoms with Gasteiger partial charge >= 0.3 is 5.97 Å². The van der Waals surface area contributed by atoms with E-state index in [9.17, 15) is 4.79 Å². The molecular formula is C17H25NO2. The van der Waals surface area contributed by atoms with Crippen molar-refractivity contribution in [2.45, 2.75) is 51.9 Å². The minimum atomic E-state index is -0.437. The summed E-state index contributed by atoms with van der Waals surface area (Å²) in [6.45, 7) is 6.85. The predicted molar refractivity (Wildman–Crippen MR) is 80.2 cm³/mol. The van der Waals surface area contributed by atoms with E-state index in [2.05, 4.69) is 25.6 Å². The van der Waals surface area contributed by atoms with Crippen LogP contribution < -0.4 is 5.90 Å². The molecule has 1 aliphatic rings. The van der Waals surface area contributed by atoms with Crippen LogP contribution in [0.15, 0.2) is 24.3 Å². The summed E-state index contributed by atoms with van der Waals surface area (Å²) in [4.78, 5) is 16.3. The number of carbonyl (C=O) groups excluding carboxylic acids is 1. The monoisotopic (exact) mass is 275 g/mol. The van der Waals surface area contributed by atoms with Crippen molar-refractivity contribution in [2.24, 2.45) is 17.7 Å². The highest BCUT2D eigenvalue weighted by Gasteiger charge is 2.36. The number of nitrogens with two attached hydrogens (primary N) is 1. The van der Waals surface area contributed by atoms with Gasteiger partial charge in [0, 0.05) is 0 Å². The summed E-state index contributed by atoms with van der Waals surface area (Å²) in [6.07, 6.45) is 4.68. The van der Waals surface area contributed by atoms with Gasteiger partial charge in [0.2, 0.25) is 0 Å². The Labute approximate surface area is 121 Å². The highest BCUT2D eigenvalue weighted by molar-refractivity contribution is 5.91. The lowest BCUT2D eigenvalue weighted by Gasteiger charge is -2.40. The first kappa shape index (κ1) is 15.0. The molecule has 3 heteroatoms. The average molecular weight is 275 g/mol. The molecule has 0 atom stereocenters. The predicted octanol–water partition coefficient (Wildman–Crippen LogP) is 3.82. The molecule has 1 aromatic carbocycles. The topological polar surface area (TPSA) is 52.3 Å². The van der Waals surface area contributed by atoms with Crippen LogP contribution >= 0.6 is 0 Å². The first-order valence-corrected chi connectivity index (χ1v) is 7.48. The van der Waals surface area contributed by atoms with E-state index in [1.807, 2.05) is 24.3 Å². The molecule has 110 valence electrons. The van der Waals surface area contributed by atoms with Gasteiger partial charge < -0.3 is 4.84 Å². The van der Waals surface area contributed by atoms with E-state index < -0.39 is 5.97 Å². The molecule has 0 saturated heterocycles. The Hall–Kier alpha value is -1.35. The van der Waals surface area contributed by atoms with Crippen molar-refractivity contribution in [2.75, 3.05) is 0 Å². The fourth-order valence-corrected chi connectivity index (χ4v) is 3.46. The summed E-state index contributed by atoms with van der Waals surface area (Å²) in [6, 6.07) is 7.70. The fourth-order valence-electron chi connectivity index (χ4n) is 3.46. The van der Waals surface area contributed by atoms with Gasteiger partial charge in [0.05, 0.1) is 5.56 Å². The molecule has 3 nitrogen and oxygen atoms in total. The molecule has 0 spiro atoms. The second-order valence-electron chi connectivity index (χ2n) is 6.59. The number of hydrogen-bond acceptors (Lipinski definition) is 3. The lowest BCUT2D eigenvalue weighted by atomic mass is 9.65. The van der Waals surface area contributed by atoms with Crippen molar-refractivity contribution >= 4 is 5.97 Å². The van der Waals surface area contributed by atoms with Crippen LogP contribution in [-0.2, 0) is 10.3 Å². The van der Waals surface area contributed by atoms with E-state index in [1.165, 1.54) is 12.8 Å². The van der Waals surface area contributed by atoms with Crippen LogP contribution in [0, 0.1) is 11.8 Å². The van der Waals surface area contributed by atoms with Gasteiger partial charge in [0.1, 0.15) is 0 Å². The molecule has 1 aromatic rings. The van der Waals surface area contributed by atoms with E-state index in [0.29, 0.717) is 5.56 Å². The third-order valence-electron chi connectivity index (χ3n) is 4.98. The molecule has 0 unspecified atom stereocenters. The maximum atomic E-state index is 11.8. The van der Waals surface area contributed by atoms with Crippen LogP contribution in [0.3, 0.4) is 0 Å². The summed E-state index contributed by atoms with van der Waals surface area (Å²) >= 11 is 0. The van der Waals surface area contributed by atoms with Gasteiger partial charge in [-0.05, 0) is 54.6 Å². The maximum Gasteiger partial charge on any atom is 0.356 e. The maximum absolute atomic E-state index is 11.8. The van der Waals surface area contributed by atoms with Crippen molar-refractivity contribution in [3.05, 3.63) is 35.4 Å². The summed E-state index contributed by atoms with van der Waals surface area (Å²) in [5.41, 5.74) is 1.74. The van der Waals surface area contributed by atoms with Crippen LogP contribution in [0.2, 0.25) is 0 Å². The summed E-state index contributed by atoms with van der Waals surface area (Å²) < 4.78 is 0. The molecule has 0 heterocycles. The lowest BCUT2D eigenvalue weighted by Crippen LogP contribution is -2.32. The van der Waals surface area contributed by atoms with Gasteiger partial charge in [-0.1, -0.05) is 39.0 Å². The Bertz CT molecular complexity index is 474. The van der Waals surface area contributed by atoms with Gasteiger partial charge in [0.25, 0.3) is 0 Å². The summed E-state index contributed by atoms with van der Waals surface area (Å²) in [5.74, 6) is 6.16. The second kappa shape index (κ2) is 5.96. The fraction of sp³-hybridized carbons (Fsp3) is 0.588. The van der Waals surface area contributed by atoms with Gasteiger partial charge in [-0.3, -0.25) is 0 Å². The van der Waals surface area contributed by atoms with Crippen LogP contribution in [0.5, 0.6) is 0 Å². The Balaban J connectivity index is 2.26. The molecule has 2 N–H and O–H groups in total. The average Bonchev–Trinajstić information content (AvgIpc) is 2.47. The van der Waals surface area contributed by atoms with Crippen molar-refractivity contribution in [1.29, 1.82) is 0 Å². The van der Waals surface area contributed by atoms with Crippen LogP contribution in [0.4, 0.5) is 0 Å². The van der Waals surface area contributed by atoms with Gasteiger partial charge in [-0.2, -0.15) is 5.90 Å². The molecule has 1 saturated carbocycles. The van der Waals surface area contributed by atoms with E-state index in [-0.39, 0.29) is 5.41 Å². The Kier molecular flexibility index (Phi) is 4.48. The second-order valence-corrected chi connectivity index (χ2v) is 6.59. The standard InChI is InChI=1S/C17H25NO2/c1-12(2)13-8-10-17(3,11-9-13)15-7-5-4-6-14(15)16(19)20-18/h4-7,12-13H,8-11,18H2,1-3H3. The molecule has 0 aliphatic heterocycles. The molecular weight excluding hydrogens is 250 g/mol. The van der Waals surface area contributed by atoms with Gasteiger partial charge in [-0.25, -0.2) is 4.79 Å². The Morgan fingerprint density at radius 2 is 1.90 bits per heavy atom. The molecule has 20 heavy (non-hydrogen) atoms. The van der Waals surface area contributed by atoms with Gasteiger partial charge in [0.15, 0.2) is 0 Å². The zero-order valence-corrected chi connectivity index (χ0v) is 12.7. The molecule has 1 aliphatic carbocycles. The molecule has 0 radical (unpaired) electrons. The first-order chi connectivity index (χ1) is 9.48. The number of rotatable bonds is 3. The number of carbonyl (C=O) groups is 1. The minimum Gasteiger partial charge on any atom is -0.370 e. The molecule has 2 rings (SSSR count). The van der Waals surface area contributed by atoms with Crippen molar-refractivity contribution < 1.29 is 9.63 Å². The Morgan fingerprint density at radius 3 is 2.45 bits per heavy atom. The van der Waals surface area contributed by atoms with Crippen molar-refractivity contribution in [1.82, 2.24) is 0 Å². The van der Waals surface area contributed by atoms with Crippen LogP contribution in [0.25, 0.3) is 0 Å². The van der Waals surface area contributed by atoms with Gasteiger partial charge in [-0.15, -0.1) is 0 Å². The smallest absolute Gasteiger partial charge is 0.356 e. The molecule has 0 bridgehead atoms. The van der Waals surface area contributed by atoms with Crippen molar-refractivity contribution in [3.63, 3.8) is 0 Å². The van der Waals surface area contributed by atoms with E-state index in [1.54, 1.807) is 0 Å². The van der Waals surface area contributed by atoms with Crippen LogP contribution in [-0.4, -0.2) is 5.97 Å². The number of benzene rings is 1. The van der Waals surface area contributed by atoms with Crippen LogP contribution in [0.1, 0.15) is 62.4 Å². The quantitative estimate of drug-likeness (QED) is 0.853. The summed E-state index contributed by atoms with van der Waals surface area (Å²) in [7, 11) is 0. The zero-order chi connectivity index (χ0) is 14.8. The van der Waals surface area contributed by atoms with Crippen molar-refractivity contribution in [3.8, 4) is 0 Å². The van der Waals surface area contributed by atoms with E-state index in [4.69, 9.17) is 5.90 Å². The number of hydrogen-bond donors (Lipinski definition) is 1. The third-order valence-corrected chi connectivity index (χ3v) is 4.98. The molecule has 1 fully saturated rings. The minimum absolute atomic E-state index is 0.0518. The zero-order valence-electron chi connectivity index (χ0n) is 12.7. The summed E-state index contributed by atoms with van der Waals surface area (Å²) in [5, 5.41) is 0. The highest BCUT2D eigenvalue weighted by Crippen LogP contribution is 2.44. The third kappa shape index (κ3) is 2.88. The SMILES string of the molecule is CC(C)C1CCC(C)(c2ccccc2C(=O)ON)CC1. The highest BCUT2D eigenvalue weighted by atomic mass is 16.7. The normalized spacial score (nSPS) is 26.6. The Morgan fingerprint density at radius 1 is 1.30 bits per heavy atom. The van der Waals surface area contributed by atoms with E-state index >= 15 is 0 Å². The largest absolute Gasteiger partial charge is 0.370 e. The first-order valence-electron chi connectivity index (χ1n) is 7.48. The van der Waals surface area contributed by atoms with E-state index in [0.717, 1.165) is 30.2 Å². The molecule has 0 aromatic heterocycles. The molecule has 0 amide bonds.